The normalized spacial score (nSPS) is 17.6. The molecule has 1 amide bonds. The van der Waals surface area contributed by atoms with Gasteiger partial charge in [0, 0.05) is 12.5 Å². The molecule has 10 heteroatoms. The van der Waals surface area contributed by atoms with Crippen molar-refractivity contribution in [2.45, 2.75) is 25.3 Å². The van der Waals surface area contributed by atoms with Crippen molar-refractivity contribution >= 4 is 21.7 Å². The summed E-state index contributed by atoms with van der Waals surface area (Å²) in [5.41, 5.74) is 0.784. The molecule has 1 saturated heterocycles. The lowest BCUT2D eigenvalue weighted by Gasteiger charge is -2.14. The quantitative estimate of drug-likeness (QED) is 0.579. The van der Waals surface area contributed by atoms with Crippen LogP contribution < -0.4 is 19.5 Å². The van der Waals surface area contributed by atoms with E-state index in [9.17, 15) is 18.0 Å². The fourth-order valence-corrected chi connectivity index (χ4v) is 4.60. The SMILES string of the molecule is COc1cc(CCC(=O)OCC(=O)N[C@H]2CCS(=O)(=O)C2)cc(OC)c1OC. The largest absolute Gasteiger partial charge is 0.493 e. The zero-order valence-electron chi connectivity index (χ0n) is 16.1. The number of methoxy groups -OCH3 is 3. The van der Waals surface area contributed by atoms with E-state index < -0.39 is 34.4 Å². The van der Waals surface area contributed by atoms with Crippen LogP contribution in [-0.2, 0) is 30.6 Å². The Morgan fingerprint density at radius 1 is 1.11 bits per heavy atom. The summed E-state index contributed by atoms with van der Waals surface area (Å²) in [6.45, 7) is -0.440. The van der Waals surface area contributed by atoms with Crippen LogP contribution in [0.15, 0.2) is 12.1 Å². The molecule has 0 bridgehead atoms. The zero-order chi connectivity index (χ0) is 20.7. The predicted molar refractivity (Wildman–Crippen MR) is 101 cm³/mol. The van der Waals surface area contributed by atoms with Crippen molar-refractivity contribution in [2.24, 2.45) is 0 Å². The van der Waals surface area contributed by atoms with Crippen molar-refractivity contribution in [1.29, 1.82) is 0 Å². The molecule has 1 atom stereocenters. The first-order chi connectivity index (χ1) is 13.3. The van der Waals surface area contributed by atoms with Gasteiger partial charge in [-0.3, -0.25) is 9.59 Å². The number of carbonyl (C=O) groups is 2. The van der Waals surface area contributed by atoms with Gasteiger partial charge >= 0.3 is 5.97 Å². The highest BCUT2D eigenvalue weighted by molar-refractivity contribution is 7.91. The van der Waals surface area contributed by atoms with Gasteiger partial charge in [-0.25, -0.2) is 8.42 Å². The van der Waals surface area contributed by atoms with Gasteiger partial charge in [0.15, 0.2) is 27.9 Å². The summed E-state index contributed by atoms with van der Waals surface area (Å²) in [7, 11) is 1.43. The Morgan fingerprint density at radius 3 is 2.25 bits per heavy atom. The second kappa shape index (κ2) is 9.63. The number of benzene rings is 1. The molecule has 28 heavy (non-hydrogen) atoms. The van der Waals surface area contributed by atoms with E-state index in [0.717, 1.165) is 5.56 Å². The van der Waals surface area contributed by atoms with Gasteiger partial charge in [0.1, 0.15) is 0 Å². The van der Waals surface area contributed by atoms with E-state index in [1.165, 1.54) is 21.3 Å². The molecule has 0 aliphatic carbocycles. The Balaban J connectivity index is 1.81. The van der Waals surface area contributed by atoms with Gasteiger partial charge in [-0.05, 0) is 30.5 Å². The van der Waals surface area contributed by atoms with Crippen LogP contribution in [0.25, 0.3) is 0 Å². The van der Waals surface area contributed by atoms with Crippen molar-refractivity contribution in [2.75, 3.05) is 39.4 Å². The molecule has 0 spiro atoms. The van der Waals surface area contributed by atoms with Crippen LogP contribution in [-0.4, -0.2) is 65.8 Å². The van der Waals surface area contributed by atoms with Crippen LogP contribution in [0.2, 0.25) is 0 Å². The van der Waals surface area contributed by atoms with Crippen molar-refractivity contribution in [1.82, 2.24) is 5.32 Å². The summed E-state index contributed by atoms with van der Waals surface area (Å²) >= 11 is 0. The summed E-state index contributed by atoms with van der Waals surface area (Å²) in [5, 5.41) is 2.56. The molecule has 2 rings (SSSR count). The van der Waals surface area contributed by atoms with Crippen LogP contribution in [0.3, 0.4) is 0 Å². The molecule has 1 heterocycles. The summed E-state index contributed by atoms with van der Waals surface area (Å²) in [6, 6.07) is 3.06. The minimum atomic E-state index is -3.08. The van der Waals surface area contributed by atoms with Crippen LogP contribution in [0.5, 0.6) is 17.2 Å². The molecular weight excluding hydrogens is 390 g/mol. The molecule has 1 aromatic rings. The maximum atomic E-state index is 11.9. The Morgan fingerprint density at radius 2 is 1.75 bits per heavy atom. The van der Waals surface area contributed by atoms with Crippen molar-refractivity contribution in [3.63, 3.8) is 0 Å². The van der Waals surface area contributed by atoms with Crippen LogP contribution in [0.4, 0.5) is 0 Å². The van der Waals surface area contributed by atoms with E-state index in [1.807, 2.05) is 0 Å². The first-order valence-electron chi connectivity index (χ1n) is 8.72. The molecule has 1 N–H and O–H groups in total. The van der Waals surface area contributed by atoms with Crippen LogP contribution in [0, 0.1) is 0 Å². The number of nitrogens with one attached hydrogen (secondary N) is 1. The number of hydrogen-bond acceptors (Lipinski definition) is 8. The highest BCUT2D eigenvalue weighted by Gasteiger charge is 2.29. The second-order valence-corrected chi connectivity index (χ2v) is 8.59. The number of hydrogen-bond donors (Lipinski definition) is 1. The molecular formula is C18H25NO8S. The molecule has 1 aliphatic heterocycles. The van der Waals surface area contributed by atoms with Gasteiger partial charge in [-0.15, -0.1) is 0 Å². The van der Waals surface area contributed by atoms with Crippen LogP contribution >= 0.6 is 0 Å². The standard InChI is InChI=1S/C18H25NO8S/c1-24-14-8-12(9-15(25-2)18(14)26-3)4-5-17(21)27-10-16(20)19-13-6-7-28(22,23)11-13/h8-9,13H,4-7,10-11H2,1-3H3,(H,19,20)/t13-/m0/s1. The minimum Gasteiger partial charge on any atom is -0.493 e. The van der Waals surface area contributed by atoms with E-state index >= 15 is 0 Å². The topological polar surface area (TPSA) is 117 Å². The first-order valence-corrected chi connectivity index (χ1v) is 10.5. The molecule has 0 unspecified atom stereocenters. The van der Waals surface area contributed by atoms with Crippen LogP contribution in [0.1, 0.15) is 18.4 Å². The third kappa shape index (κ3) is 6.01. The van der Waals surface area contributed by atoms with E-state index in [0.29, 0.717) is 30.1 Å². The highest BCUT2D eigenvalue weighted by atomic mass is 32.2. The average Bonchev–Trinajstić information content (AvgIpc) is 3.01. The predicted octanol–water partition coefficient (Wildman–Crippen LogP) is 0.492. The third-order valence-electron chi connectivity index (χ3n) is 4.30. The Bertz CT molecular complexity index is 796. The Hall–Kier alpha value is -2.49. The first kappa shape index (κ1) is 21.8. The van der Waals surface area contributed by atoms with Gasteiger partial charge in [0.2, 0.25) is 5.75 Å². The third-order valence-corrected chi connectivity index (χ3v) is 6.07. The molecule has 1 aliphatic rings. The lowest BCUT2D eigenvalue weighted by Crippen LogP contribution is -2.38. The average molecular weight is 415 g/mol. The molecule has 156 valence electrons. The van der Waals surface area contributed by atoms with Gasteiger partial charge in [-0.2, -0.15) is 0 Å². The highest BCUT2D eigenvalue weighted by Crippen LogP contribution is 2.38. The summed E-state index contributed by atoms with van der Waals surface area (Å²) in [6.07, 6.45) is 0.797. The monoisotopic (exact) mass is 415 g/mol. The van der Waals surface area contributed by atoms with E-state index in [1.54, 1.807) is 12.1 Å². The van der Waals surface area contributed by atoms with Gasteiger partial charge in [0.05, 0.1) is 32.8 Å². The van der Waals surface area contributed by atoms with E-state index in [2.05, 4.69) is 5.32 Å². The van der Waals surface area contributed by atoms with E-state index in [-0.39, 0.29) is 17.9 Å². The lowest BCUT2D eigenvalue weighted by molar-refractivity contribution is -0.148. The van der Waals surface area contributed by atoms with E-state index in [4.69, 9.17) is 18.9 Å². The van der Waals surface area contributed by atoms with Crippen molar-refractivity contribution in [3.05, 3.63) is 17.7 Å². The number of amides is 1. The summed E-state index contributed by atoms with van der Waals surface area (Å²) in [4.78, 5) is 23.7. The number of esters is 1. The Kier molecular flexibility index (Phi) is 7.50. The fraction of sp³-hybridized carbons (Fsp3) is 0.556. The fourth-order valence-electron chi connectivity index (χ4n) is 2.92. The summed E-state index contributed by atoms with van der Waals surface area (Å²) < 4.78 is 43.5. The van der Waals surface area contributed by atoms with Crippen molar-refractivity contribution in [3.8, 4) is 17.2 Å². The molecule has 1 aromatic carbocycles. The molecule has 0 saturated carbocycles. The molecule has 9 nitrogen and oxygen atoms in total. The van der Waals surface area contributed by atoms with Gasteiger partial charge < -0.3 is 24.3 Å². The lowest BCUT2D eigenvalue weighted by atomic mass is 10.1. The smallest absolute Gasteiger partial charge is 0.306 e. The van der Waals surface area contributed by atoms with Gasteiger partial charge in [0.25, 0.3) is 5.91 Å². The number of carbonyl (C=O) groups excluding carboxylic acids is 2. The Labute approximate surface area is 164 Å². The maximum absolute atomic E-state index is 11.9. The second-order valence-electron chi connectivity index (χ2n) is 6.36. The molecule has 0 aromatic heterocycles. The van der Waals surface area contributed by atoms with Gasteiger partial charge in [-0.1, -0.05) is 0 Å². The minimum absolute atomic E-state index is 0.0593. The van der Waals surface area contributed by atoms with Crippen molar-refractivity contribution < 1.29 is 37.0 Å². The number of rotatable bonds is 9. The summed E-state index contributed by atoms with van der Waals surface area (Å²) in [5.74, 6) is 0.362. The zero-order valence-corrected chi connectivity index (χ0v) is 17.0. The maximum Gasteiger partial charge on any atom is 0.306 e. The number of aryl methyl sites for hydroxylation is 1. The number of sulfone groups is 1. The molecule has 1 fully saturated rings. The molecule has 0 radical (unpaired) electrons. The number of ether oxygens (including phenoxy) is 4.